The molecule has 0 aromatic carbocycles. The van der Waals surface area contributed by atoms with Crippen LogP contribution in [0.4, 0.5) is 0 Å². The van der Waals surface area contributed by atoms with E-state index >= 15 is 0 Å². The Morgan fingerprint density at radius 3 is 2.32 bits per heavy atom. The third kappa shape index (κ3) is 3.97. The van der Waals surface area contributed by atoms with Gasteiger partial charge in [-0.25, -0.2) is 0 Å². The fourth-order valence-electron chi connectivity index (χ4n) is 9.39. The molecule has 31 heavy (non-hydrogen) atoms. The Labute approximate surface area is 195 Å². The Morgan fingerprint density at radius 2 is 1.65 bits per heavy atom. The third-order valence-corrected chi connectivity index (χ3v) is 11.7. The number of hydrogen-bond donors (Lipinski definition) is 0. The lowest BCUT2D eigenvalue weighted by Crippen LogP contribution is -2.56. The smallest absolute Gasteiger partial charge is 0.263 e. The molecule has 0 aromatic rings. The maximum absolute atomic E-state index is 11.6. The highest BCUT2D eigenvalue weighted by atomic mass is 35.5. The molecule has 0 aliphatic heterocycles. The second-order valence-electron chi connectivity index (χ2n) is 13.1. The number of rotatable bonds is 6. The molecule has 4 aliphatic carbocycles. The van der Waals surface area contributed by atoms with E-state index in [0.29, 0.717) is 24.2 Å². The molecule has 3 nitrogen and oxygen atoms in total. The molecule has 0 heterocycles. The van der Waals surface area contributed by atoms with E-state index < -0.39 is 5.00 Å². The van der Waals surface area contributed by atoms with Gasteiger partial charge in [-0.3, -0.25) is 10.1 Å². The average molecular weight is 452 g/mol. The summed E-state index contributed by atoms with van der Waals surface area (Å²) >= 11 is 6.49. The number of nitrogens with zero attached hydrogens (tertiary/aromatic N) is 1. The Morgan fingerprint density at radius 1 is 0.935 bits per heavy atom. The number of hydrogen-bond acceptors (Lipinski definition) is 2. The van der Waals surface area contributed by atoms with Gasteiger partial charge in [0.2, 0.25) is 0 Å². The summed E-state index contributed by atoms with van der Waals surface area (Å²) in [5, 5.41) is 11.6. The van der Waals surface area contributed by atoms with Crippen molar-refractivity contribution >= 4 is 11.6 Å². The summed E-state index contributed by atoms with van der Waals surface area (Å²) in [5.74, 6) is 5.47. The fraction of sp³-hybridized carbons (Fsp3) is 1.00. The van der Waals surface area contributed by atoms with Crippen molar-refractivity contribution in [1.82, 2.24) is 0 Å². The summed E-state index contributed by atoms with van der Waals surface area (Å²) in [6.07, 6.45) is 14.2. The van der Waals surface area contributed by atoms with Crippen LogP contribution in [-0.4, -0.2) is 9.92 Å². The molecule has 9 atom stereocenters. The van der Waals surface area contributed by atoms with Gasteiger partial charge in [-0.05, 0) is 109 Å². The predicted molar refractivity (Wildman–Crippen MR) is 129 cm³/mol. The molecule has 0 amide bonds. The van der Waals surface area contributed by atoms with Crippen molar-refractivity contribution in [3.63, 3.8) is 0 Å². The summed E-state index contributed by atoms with van der Waals surface area (Å²) in [6.45, 7) is 12.4. The highest BCUT2D eigenvalue weighted by Gasteiger charge is 2.63. The molecule has 6 unspecified atom stereocenters. The first kappa shape index (κ1) is 23.8. The predicted octanol–water partition coefficient (Wildman–Crippen LogP) is 8.32. The standard InChI is InChI=1S/C27H46ClNO2/c1-18(2)7-6-8-19(3)22-11-12-23-21-10-9-20-17-27(28,29(30)31)16-15-25(20,4)24(21)13-14-26(22,23)5/h18-24H,6-17H2,1-5H3/t19-,20+,21?,22?,23?,24?,25?,26?,27-/m1/s1. The topological polar surface area (TPSA) is 43.1 Å². The van der Waals surface area contributed by atoms with Crippen LogP contribution in [0.15, 0.2) is 0 Å². The van der Waals surface area contributed by atoms with Crippen molar-refractivity contribution in [1.29, 1.82) is 0 Å². The van der Waals surface area contributed by atoms with Gasteiger partial charge in [0.15, 0.2) is 0 Å². The van der Waals surface area contributed by atoms with Gasteiger partial charge < -0.3 is 0 Å². The zero-order chi connectivity index (χ0) is 22.6. The van der Waals surface area contributed by atoms with Crippen LogP contribution in [0.1, 0.15) is 112 Å². The molecule has 4 rings (SSSR count). The van der Waals surface area contributed by atoms with Crippen LogP contribution in [0, 0.1) is 62.4 Å². The summed E-state index contributed by atoms with van der Waals surface area (Å²) in [5.41, 5.74) is 0.785. The van der Waals surface area contributed by atoms with E-state index in [9.17, 15) is 10.1 Å². The molecule has 4 fully saturated rings. The molecule has 178 valence electrons. The molecule has 0 aromatic heterocycles. The van der Waals surface area contributed by atoms with Crippen molar-refractivity contribution in [2.75, 3.05) is 0 Å². The average Bonchev–Trinajstić information content (AvgIpc) is 3.05. The van der Waals surface area contributed by atoms with E-state index in [0.717, 1.165) is 48.3 Å². The Hall–Kier alpha value is -0.310. The lowest BCUT2D eigenvalue weighted by molar-refractivity contribution is -0.550. The first-order chi connectivity index (χ1) is 14.5. The van der Waals surface area contributed by atoms with Crippen LogP contribution in [0.3, 0.4) is 0 Å². The summed E-state index contributed by atoms with van der Waals surface area (Å²) < 4.78 is 0. The summed E-state index contributed by atoms with van der Waals surface area (Å²) in [7, 11) is 0. The van der Waals surface area contributed by atoms with Gasteiger partial charge in [0, 0.05) is 17.8 Å². The quantitative estimate of drug-likeness (QED) is 0.176. The first-order valence-corrected chi connectivity index (χ1v) is 13.7. The van der Waals surface area contributed by atoms with Gasteiger partial charge in [0.25, 0.3) is 5.00 Å². The van der Waals surface area contributed by atoms with E-state index in [1.165, 1.54) is 51.4 Å². The molecule has 0 saturated heterocycles. The maximum atomic E-state index is 11.6. The lowest BCUT2D eigenvalue weighted by Gasteiger charge is -2.61. The van der Waals surface area contributed by atoms with Gasteiger partial charge >= 0.3 is 0 Å². The molecule has 0 radical (unpaired) electrons. The largest absolute Gasteiger partial charge is 0.295 e. The Balaban J connectivity index is 1.47. The molecule has 4 heteroatoms. The fourth-order valence-corrected chi connectivity index (χ4v) is 9.67. The molecule has 0 spiro atoms. The van der Waals surface area contributed by atoms with Crippen molar-refractivity contribution in [3.05, 3.63) is 10.1 Å². The van der Waals surface area contributed by atoms with Crippen LogP contribution >= 0.6 is 11.6 Å². The highest BCUT2D eigenvalue weighted by molar-refractivity contribution is 6.22. The van der Waals surface area contributed by atoms with Crippen LogP contribution in [0.25, 0.3) is 0 Å². The van der Waals surface area contributed by atoms with E-state index in [2.05, 4.69) is 34.6 Å². The molecular weight excluding hydrogens is 406 g/mol. The van der Waals surface area contributed by atoms with Crippen molar-refractivity contribution < 1.29 is 4.92 Å². The minimum atomic E-state index is -1.20. The molecule has 4 aliphatic rings. The van der Waals surface area contributed by atoms with E-state index in [4.69, 9.17) is 11.6 Å². The summed E-state index contributed by atoms with van der Waals surface area (Å²) in [4.78, 5) is 10.2. The second-order valence-corrected chi connectivity index (χ2v) is 13.8. The van der Waals surface area contributed by atoms with E-state index in [1.807, 2.05) is 0 Å². The Bertz CT molecular complexity index is 682. The van der Waals surface area contributed by atoms with Gasteiger partial charge in [0.05, 0.1) is 0 Å². The Kier molecular flexibility index (Phi) is 6.52. The van der Waals surface area contributed by atoms with Crippen LogP contribution in [-0.2, 0) is 0 Å². The van der Waals surface area contributed by atoms with Gasteiger partial charge in [-0.1, -0.05) is 53.9 Å². The van der Waals surface area contributed by atoms with Gasteiger partial charge in [0.1, 0.15) is 0 Å². The second kappa shape index (κ2) is 8.48. The third-order valence-electron chi connectivity index (χ3n) is 11.2. The normalized spacial score (nSPS) is 48.0. The number of nitro groups is 1. The van der Waals surface area contributed by atoms with Crippen LogP contribution < -0.4 is 0 Å². The zero-order valence-corrected chi connectivity index (χ0v) is 21.4. The van der Waals surface area contributed by atoms with E-state index in [-0.39, 0.29) is 10.3 Å². The van der Waals surface area contributed by atoms with Crippen LogP contribution in [0.2, 0.25) is 0 Å². The zero-order valence-electron chi connectivity index (χ0n) is 20.7. The molecule has 0 N–H and O–H groups in total. The molecular formula is C27H46ClNO2. The number of halogens is 1. The maximum Gasteiger partial charge on any atom is 0.295 e. The highest BCUT2D eigenvalue weighted by Crippen LogP contribution is 2.69. The van der Waals surface area contributed by atoms with Gasteiger partial charge in [-0.15, -0.1) is 0 Å². The first-order valence-electron chi connectivity index (χ1n) is 13.3. The molecule has 4 saturated carbocycles. The van der Waals surface area contributed by atoms with Crippen molar-refractivity contribution in [2.45, 2.75) is 117 Å². The number of alkyl halides is 1. The monoisotopic (exact) mass is 451 g/mol. The van der Waals surface area contributed by atoms with E-state index in [1.54, 1.807) is 0 Å². The lowest BCUT2D eigenvalue weighted by atomic mass is 9.44. The minimum absolute atomic E-state index is 0.194. The van der Waals surface area contributed by atoms with Crippen LogP contribution in [0.5, 0.6) is 0 Å². The minimum Gasteiger partial charge on any atom is -0.263 e. The van der Waals surface area contributed by atoms with Crippen molar-refractivity contribution in [2.24, 2.45) is 52.3 Å². The summed E-state index contributed by atoms with van der Waals surface area (Å²) in [6, 6.07) is 0. The molecule has 0 bridgehead atoms. The van der Waals surface area contributed by atoms with Gasteiger partial charge in [-0.2, -0.15) is 0 Å². The van der Waals surface area contributed by atoms with Crippen molar-refractivity contribution in [3.8, 4) is 0 Å². The SMILES string of the molecule is CC(C)CCC[C@@H](C)C1CCC2C3CC[C@H]4C[C@](Cl)([N+](=O)[O-])CCC4(C)C3CCC21C. The number of fused-ring (bicyclic) bond motifs is 5.